The molecule has 0 heterocycles. The summed E-state index contributed by atoms with van der Waals surface area (Å²) in [6.07, 6.45) is 1.86. The lowest BCUT2D eigenvalue weighted by atomic mass is 10.0. The van der Waals surface area contributed by atoms with Crippen molar-refractivity contribution in [2.75, 3.05) is 24.0 Å². The predicted molar refractivity (Wildman–Crippen MR) is 187 cm³/mol. The topological polar surface area (TPSA) is 96.0 Å². The summed E-state index contributed by atoms with van der Waals surface area (Å²) in [5.41, 5.74) is 1.72. The van der Waals surface area contributed by atoms with Crippen molar-refractivity contribution in [2.45, 2.75) is 50.6 Å². The normalized spacial score (nSPS) is 11.8. The fourth-order valence-electron chi connectivity index (χ4n) is 5.01. The van der Waals surface area contributed by atoms with E-state index < -0.39 is 28.5 Å². The molecule has 4 aromatic carbocycles. The minimum absolute atomic E-state index is 0.0185. The first-order chi connectivity index (χ1) is 22.6. The Bertz CT molecular complexity index is 1720. The van der Waals surface area contributed by atoms with Crippen LogP contribution in [0.15, 0.2) is 108 Å². The van der Waals surface area contributed by atoms with Gasteiger partial charge in [-0.3, -0.25) is 13.9 Å². The fourth-order valence-corrected chi connectivity index (χ4v) is 6.74. The third kappa shape index (κ3) is 9.73. The maximum atomic E-state index is 14.6. The number of anilines is 1. The summed E-state index contributed by atoms with van der Waals surface area (Å²) in [6, 6.07) is 27.7. The van der Waals surface area contributed by atoms with E-state index >= 15 is 0 Å². The number of sulfonamides is 1. The van der Waals surface area contributed by atoms with E-state index in [0.29, 0.717) is 34.5 Å². The molecule has 47 heavy (non-hydrogen) atoms. The second kappa shape index (κ2) is 17.2. The molecule has 8 nitrogen and oxygen atoms in total. The minimum atomic E-state index is -4.27. The molecule has 0 spiro atoms. The summed E-state index contributed by atoms with van der Waals surface area (Å²) >= 11 is 12.6. The van der Waals surface area contributed by atoms with E-state index in [-0.39, 0.29) is 29.5 Å². The van der Waals surface area contributed by atoms with Gasteiger partial charge in [0.05, 0.1) is 17.2 Å². The molecule has 0 aliphatic heterocycles. The highest BCUT2D eigenvalue weighted by Gasteiger charge is 2.35. The first-order valence-electron chi connectivity index (χ1n) is 15.5. The van der Waals surface area contributed by atoms with Crippen molar-refractivity contribution < 1.29 is 22.7 Å². The van der Waals surface area contributed by atoms with Crippen LogP contribution in [0.4, 0.5) is 5.69 Å². The number of hydrogen-bond acceptors (Lipinski definition) is 5. The first kappa shape index (κ1) is 35.8. The van der Waals surface area contributed by atoms with Gasteiger partial charge in [0.25, 0.3) is 10.0 Å². The van der Waals surface area contributed by atoms with Gasteiger partial charge in [-0.1, -0.05) is 85.1 Å². The summed E-state index contributed by atoms with van der Waals surface area (Å²) in [4.78, 5) is 29.8. The summed E-state index contributed by atoms with van der Waals surface area (Å²) in [7, 11) is -4.27. The summed E-state index contributed by atoms with van der Waals surface area (Å²) < 4.78 is 35.0. The average Bonchev–Trinajstić information content (AvgIpc) is 3.07. The van der Waals surface area contributed by atoms with Gasteiger partial charge in [-0.15, -0.1) is 0 Å². The lowest BCUT2D eigenvalue weighted by Crippen LogP contribution is -2.53. The summed E-state index contributed by atoms with van der Waals surface area (Å²) in [6.45, 7) is 4.15. The van der Waals surface area contributed by atoms with E-state index in [0.717, 1.165) is 22.7 Å². The molecular formula is C36H39Cl2N3O5S. The number of nitrogens with one attached hydrogen (secondary N) is 1. The lowest BCUT2D eigenvalue weighted by Gasteiger charge is -2.34. The molecule has 0 unspecified atom stereocenters. The zero-order valence-corrected chi connectivity index (χ0v) is 28.8. The molecule has 4 rings (SSSR count). The fraction of sp³-hybridized carbons (Fsp3) is 0.278. The van der Waals surface area contributed by atoms with Gasteiger partial charge >= 0.3 is 0 Å². The second-order valence-electron chi connectivity index (χ2n) is 10.9. The molecule has 0 fully saturated rings. The molecule has 11 heteroatoms. The van der Waals surface area contributed by atoms with Gasteiger partial charge in [-0.05, 0) is 79.1 Å². The summed E-state index contributed by atoms with van der Waals surface area (Å²) in [5.74, 6) is -0.364. The van der Waals surface area contributed by atoms with Crippen molar-refractivity contribution in [3.8, 4) is 5.75 Å². The van der Waals surface area contributed by atoms with Crippen molar-refractivity contribution in [3.05, 3.63) is 124 Å². The molecular weight excluding hydrogens is 657 g/mol. The number of ether oxygens (including phenoxy) is 1. The predicted octanol–water partition coefficient (Wildman–Crippen LogP) is 7.14. The number of nitrogens with zero attached hydrogens (tertiary/aromatic N) is 2. The minimum Gasteiger partial charge on any atom is -0.494 e. The Morgan fingerprint density at radius 2 is 1.51 bits per heavy atom. The van der Waals surface area contributed by atoms with Crippen molar-refractivity contribution in [3.63, 3.8) is 0 Å². The number of hydrogen-bond donors (Lipinski definition) is 1. The SMILES string of the molecule is CCCCNC(=O)[C@H](Cc1ccccc1)N(Cc1ccccc1Cl)C(=O)CN(c1ccc(OCC)cc1)S(=O)(=O)c1ccc(Cl)cc1. The van der Waals surface area contributed by atoms with Crippen LogP contribution >= 0.6 is 23.2 Å². The molecule has 0 aliphatic carbocycles. The van der Waals surface area contributed by atoms with Crippen LogP contribution < -0.4 is 14.4 Å². The van der Waals surface area contributed by atoms with E-state index in [2.05, 4.69) is 5.32 Å². The highest BCUT2D eigenvalue weighted by molar-refractivity contribution is 7.92. The standard InChI is InChI=1S/C36H39Cl2N3O5S/c1-3-5-23-39-36(43)34(24-27-11-7-6-8-12-27)40(25-28-13-9-10-14-33(28)38)35(42)26-41(30-17-19-31(20-18-30)46-4-2)47(44,45)32-21-15-29(37)16-22-32/h6-22,34H,3-5,23-26H2,1-2H3,(H,39,43)/t34-/m0/s1. The Morgan fingerprint density at radius 3 is 2.15 bits per heavy atom. The van der Waals surface area contributed by atoms with Crippen molar-refractivity contribution >= 4 is 50.7 Å². The van der Waals surface area contributed by atoms with Crippen LogP contribution in [-0.2, 0) is 32.6 Å². The third-order valence-electron chi connectivity index (χ3n) is 7.52. The molecule has 0 saturated heterocycles. The van der Waals surface area contributed by atoms with E-state index in [4.69, 9.17) is 27.9 Å². The Hall–Kier alpha value is -4.05. The van der Waals surface area contributed by atoms with Crippen LogP contribution in [0, 0.1) is 0 Å². The van der Waals surface area contributed by atoms with Gasteiger partial charge in [0.1, 0.15) is 18.3 Å². The molecule has 0 aliphatic rings. The Balaban J connectivity index is 1.80. The number of benzene rings is 4. The zero-order chi connectivity index (χ0) is 33.8. The van der Waals surface area contributed by atoms with Crippen molar-refractivity contribution in [1.29, 1.82) is 0 Å². The number of rotatable bonds is 16. The molecule has 0 bridgehead atoms. The third-order valence-corrected chi connectivity index (χ3v) is 9.92. The van der Waals surface area contributed by atoms with Crippen LogP contribution in [0.5, 0.6) is 5.75 Å². The summed E-state index contributed by atoms with van der Waals surface area (Å²) in [5, 5.41) is 3.78. The molecule has 1 atom stereocenters. The largest absolute Gasteiger partial charge is 0.494 e. The average molecular weight is 697 g/mol. The maximum Gasteiger partial charge on any atom is 0.264 e. The highest BCUT2D eigenvalue weighted by atomic mass is 35.5. The van der Waals surface area contributed by atoms with Gasteiger partial charge < -0.3 is 15.0 Å². The Morgan fingerprint density at radius 1 is 0.851 bits per heavy atom. The second-order valence-corrected chi connectivity index (χ2v) is 13.6. The maximum absolute atomic E-state index is 14.6. The number of amides is 2. The number of unbranched alkanes of at least 4 members (excludes halogenated alkanes) is 1. The monoisotopic (exact) mass is 695 g/mol. The molecule has 1 N–H and O–H groups in total. The molecule has 248 valence electrons. The molecule has 4 aromatic rings. The number of carbonyl (C=O) groups excluding carboxylic acids is 2. The van der Waals surface area contributed by atoms with E-state index in [1.807, 2.05) is 44.2 Å². The van der Waals surface area contributed by atoms with Crippen LogP contribution in [0.25, 0.3) is 0 Å². The van der Waals surface area contributed by atoms with Gasteiger partial charge in [-0.2, -0.15) is 0 Å². The lowest BCUT2D eigenvalue weighted by molar-refractivity contribution is -0.140. The molecule has 0 saturated carbocycles. The number of carbonyl (C=O) groups is 2. The van der Waals surface area contributed by atoms with Gasteiger partial charge in [-0.25, -0.2) is 8.42 Å². The van der Waals surface area contributed by atoms with Crippen molar-refractivity contribution in [1.82, 2.24) is 10.2 Å². The molecule has 0 aromatic heterocycles. The van der Waals surface area contributed by atoms with E-state index in [1.54, 1.807) is 48.5 Å². The number of halogens is 2. The Kier molecular flexibility index (Phi) is 13.1. The van der Waals surface area contributed by atoms with Gasteiger partial charge in [0.15, 0.2) is 0 Å². The zero-order valence-electron chi connectivity index (χ0n) is 26.4. The quantitative estimate of drug-likeness (QED) is 0.126. The van der Waals surface area contributed by atoms with Gasteiger partial charge in [0, 0.05) is 29.6 Å². The van der Waals surface area contributed by atoms with Gasteiger partial charge in [0.2, 0.25) is 11.8 Å². The highest BCUT2D eigenvalue weighted by Crippen LogP contribution is 2.28. The Labute approximate surface area is 287 Å². The van der Waals surface area contributed by atoms with Crippen LogP contribution in [0.2, 0.25) is 10.0 Å². The molecule has 0 radical (unpaired) electrons. The van der Waals surface area contributed by atoms with Crippen LogP contribution in [0.3, 0.4) is 0 Å². The van der Waals surface area contributed by atoms with E-state index in [1.165, 1.54) is 29.2 Å². The van der Waals surface area contributed by atoms with Crippen LogP contribution in [0.1, 0.15) is 37.8 Å². The van der Waals surface area contributed by atoms with Crippen LogP contribution in [-0.4, -0.2) is 50.9 Å². The van der Waals surface area contributed by atoms with E-state index in [9.17, 15) is 18.0 Å². The van der Waals surface area contributed by atoms with Crippen molar-refractivity contribution in [2.24, 2.45) is 0 Å². The first-order valence-corrected chi connectivity index (χ1v) is 17.7. The smallest absolute Gasteiger partial charge is 0.264 e. The molecule has 2 amide bonds.